The van der Waals surface area contributed by atoms with Gasteiger partial charge in [0.1, 0.15) is 0 Å². The van der Waals surface area contributed by atoms with Gasteiger partial charge in [0.2, 0.25) is 5.91 Å². The first-order valence-electron chi connectivity index (χ1n) is 5.99. The molecule has 1 rings (SSSR count). The number of alkyl halides is 1. The molecule has 0 N–H and O–H groups in total. The van der Waals surface area contributed by atoms with Crippen molar-refractivity contribution in [2.45, 2.75) is 32.2 Å². The standard InChI is InChI=1S/C14H20ClNO/c1-4-13(12-8-6-5-7-9-12)14(17)16(3)11(2)10-15/h5-9,11,13H,4,10H2,1-3H3. The topological polar surface area (TPSA) is 20.3 Å². The van der Waals surface area contributed by atoms with Gasteiger partial charge in [-0.3, -0.25) is 4.79 Å². The van der Waals surface area contributed by atoms with Gasteiger partial charge in [-0.05, 0) is 18.9 Å². The number of carbonyl (C=O) groups is 1. The molecule has 0 bridgehead atoms. The van der Waals surface area contributed by atoms with Gasteiger partial charge >= 0.3 is 0 Å². The van der Waals surface area contributed by atoms with Gasteiger partial charge in [0, 0.05) is 19.0 Å². The van der Waals surface area contributed by atoms with Crippen LogP contribution in [-0.2, 0) is 4.79 Å². The van der Waals surface area contributed by atoms with Crippen molar-refractivity contribution in [1.82, 2.24) is 4.90 Å². The Morgan fingerprint density at radius 3 is 2.41 bits per heavy atom. The molecule has 0 aromatic heterocycles. The first-order valence-corrected chi connectivity index (χ1v) is 6.52. The molecule has 3 heteroatoms. The number of amides is 1. The van der Waals surface area contributed by atoms with Gasteiger partial charge in [0.05, 0.1) is 5.92 Å². The van der Waals surface area contributed by atoms with Crippen LogP contribution in [0.5, 0.6) is 0 Å². The number of hydrogen-bond acceptors (Lipinski definition) is 1. The molecule has 0 heterocycles. The summed E-state index contributed by atoms with van der Waals surface area (Å²) >= 11 is 5.79. The SMILES string of the molecule is CCC(C(=O)N(C)C(C)CCl)c1ccccc1. The van der Waals surface area contributed by atoms with Gasteiger partial charge in [-0.15, -0.1) is 11.6 Å². The van der Waals surface area contributed by atoms with E-state index in [4.69, 9.17) is 11.6 Å². The zero-order valence-corrected chi connectivity index (χ0v) is 11.4. The Balaban J connectivity index is 2.85. The Bertz CT molecular complexity index is 352. The molecule has 2 unspecified atom stereocenters. The molecule has 0 aliphatic carbocycles. The lowest BCUT2D eigenvalue weighted by molar-refractivity contribution is -0.133. The number of hydrogen-bond donors (Lipinski definition) is 0. The Kier molecular flexibility index (Phi) is 5.49. The largest absolute Gasteiger partial charge is 0.341 e. The number of rotatable bonds is 5. The summed E-state index contributed by atoms with van der Waals surface area (Å²) in [5, 5.41) is 0. The fourth-order valence-corrected chi connectivity index (χ4v) is 2.01. The maximum absolute atomic E-state index is 12.3. The highest BCUT2D eigenvalue weighted by molar-refractivity contribution is 6.18. The van der Waals surface area contributed by atoms with Crippen molar-refractivity contribution in [3.8, 4) is 0 Å². The second kappa shape index (κ2) is 6.65. The van der Waals surface area contributed by atoms with Gasteiger partial charge in [-0.2, -0.15) is 0 Å². The normalized spacial score (nSPS) is 14.1. The molecule has 1 amide bonds. The third kappa shape index (κ3) is 3.47. The summed E-state index contributed by atoms with van der Waals surface area (Å²) in [6.45, 7) is 4.00. The summed E-state index contributed by atoms with van der Waals surface area (Å²) in [5.41, 5.74) is 1.08. The van der Waals surface area contributed by atoms with Crippen LogP contribution in [0.15, 0.2) is 30.3 Å². The van der Waals surface area contributed by atoms with Crippen LogP contribution < -0.4 is 0 Å². The predicted octanol–water partition coefficient (Wildman–Crippen LogP) is 3.27. The molecule has 17 heavy (non-hydrogen) atoms. The van der Waals surface area contributed by atoms with Crippen molar-refractivity contribution in [2.24, 2.45) is 0 Å². The van der Waals surface area contributed by atoms with E-state index in [-0.39, 0.29) is 17.9 Å². The summed E-state index contributed by atoms with van der Waals surface area (Å²) < 4.78 is 0. The highest BCUT2D eigenvalue weighted by atomic mass is 35.5. The van der Waals surface area contributed by atoms with Gasteiger partial charge in [0.25, 0.3) is 0 Å². The van der Waals surface area contributed by atoms with Crippen LogP contribution in [0.2, 0.25) is 0 Å². The predicted molar refractivity (Wildman–Crippen MR) is 72.4 cm³/mol. The van der Waals surface area contributed by atoms with Crippen molar-refractivity contribution < 1.29 is 4.79 Å². The molecule has 1 aromatic rings. The molecule has 0 radical (unpaired) electrons. The molecule has 2 atom stereocenters. The number of halogens is 1. The second-order valence-electron chi connectivity index (χ2n) is 4.32. The van der Waals surface area contributed by atoms with E-state index >= 15 is 0 Å². The van der Waals surface area contributed by atoms with Crippen molar-refractivity contribution in [3.63, 3.8) is 0 Å². The first kappa shape index (κ1) is 14.0. The summed E-state index contributed by atoms with van der Waals surface area (Å²) in [6, 6.07) is 9.98. The van der Waals surface area contributed by atoms with E-state index in [0.29, 0.717) is 5.88 Å². The third-order valence-electron chi connectivity index (χ3n) is 3.14. The van der Waals surface area contributed by atoms with Gasteiger partial charge < -0.3 is 4.90 Å². The number of nitrogens with zero attached hydrogens (tertiary/aromatic N) is 1. The van der Waals surface area contributed by atoms with Crippen molar-refractivity contribution in [1.29, 1.82) is 0 Å². The second-order valence-corrected chi connectivity index (χ2v) is 4.63. The van der Waals surface area contributed by atoms with Crippen LogP contribution in [0.4, 0.5) is 0 Å². The Morgan fingerprint density at radius 1 is 1.35 bits per heavy atom. The Hall–Kier alpha value is -1.02. The van der Waals surface area contributed by atoms with Crippen LogP contribution in [0.25, 0.3) is 0 Å². The fraction of sp³-hybridized carbons (Fsp3) is 0.500. The monoisotopic (exact) mass is 253 g/mol. The summed E-state index contributed by atoms with van der Waals surface area (Å²) in [4.78, 5) is 14.1. The smallest absolute Gasteiger partial charge is 0.230 e. The number of carbonyl (C=O) groups excluding carboxylic acids is 1. The Labute approximate surface area is 109 Å². The van der Waals surface area contributed by atoms with Crippen LogP contribution in [0, 0.1) is 0 Å². The first-order chi connectivity index (χ1) is 8.11. The zero-order chi connectivity index (χ0) is 12.8. The fourth-order valence-electron chi connectivity index (χ4n) is 1.80. The van der Waals surface area contributed by atoms with E-state index in [9.17, 15) is 4.79 Å². The summed E-state index contributed by atoms with van der Waals surface area (Å²) in [5.74, 6) is 0.548. The molecule has 0 saturated carbocycles. The minimum absolute atomic E-state index is 0.0631. The summed E-state index contributed by atoms with van der Waals surface area (Å²) in [7, 11) is 1.82. The average molecular weight is 254 g/mol. The maximum Gasteiger partial charge on any atom is 0.230 e. The van der Waals surface area contributed by atoms with Gasteiger partial charge in [-0.1, -0.05) is 37.3 Å². The van der Waals surface area contributed by atoms with Gasteiger partial charge in [-0.25, -0.2) is 0 Å². The lowest BCUT2D eigenvalue weighted by atomic mass is 9.95. The van der Waals surface area contributed by atoms with Gasteiger partial charge in [0.15, 0.2) is 0 Å². The quantitative estimate of drug-likeness (QED) is 0.738. The lowest BCUT2D eigenvalue weighted by Crippen LogP contribution is -2.39. The third-order valence-corrected chi connectivity index (χ3v) is 3.59. The van der Waals surface area contributed by atoms with E-state index in [1.807, 2.05) is 51.2 Å². The minimum atomic E-state index is -0.0631. The molecule has 94 valence electrons. The molecule has 2 nitrogen and oxygen atoms in total. The lowest BCUT2D eigenvalue weighted by Gasteiger charge is -2.27. The molecular formula is C14H20ClNO. The molecule has 0 fully saturated rings. The molecule has 1 aromatic carbocycles. The summed E-state index contributed by atoms with van der Waals surface area (Å²) in [6.07, 6.45) is 0.808. The highest BCUT2D eigenvalue weighted by Crippen LogP contribution is 2.22. The molecule has 0 aliphatic heterocycles. The van der Waals surface area contributed by atoms with Crippen molar-refractivity contribution in [2.75, 3.05) is 12.9 Å². The van der Waals surface area contributed by atoms with E-state index < -0.39 is 0 Å². The molecule has 0 spiro atoms. The van der Waals surface area contributed by atoms with E-state index in [0.717, 1.165) is 12.0 Å². The van der Waals surface area contributed by atoms with E-state index in [1.165, 1.54) is 0 Å². The zero-order valence-electron chi connectivity index (χ0n) is 10.7. The van der Waals surface area contributed by atoms with Crippen molar-refractivity contribution >= 4 is 17.5 Å². The van der Waals surface area contributed by atoms with Crippen LogP contribution >= 0.6 is 11.6 Å². The number of benzene rings is 1. The average Bonchev–Trinajstić information content (AvgIpc) is 2.38. The molecule has 0 aliphatic rings. The number of likely N-dealkylation sites (N-methyl/N-ethyl adjacent to an activating group) is 1. The van der Waals surface area contributed by atoms with E-state index in [2.05, 4.69) is 0 Å². The molecule has 0 saturated heterocycles. The van der Waals surface area contributed by atoms with E-state index in [1.54, 1.807) is 4.90 Å². The van der Waals surface area contributed by atoms with Crippen LogP contribution in [-0.4, -0.2) is 29.8 Å². The van der Waals surface area contributed by atoms with Crippen molar-refractivity contribution in [3.05, 3.63) is 35.9 Å². The Morgan fingerprint density at radius 2 is 1.94 bits per heavy atom. The minimum Gasteiger partial charge on any atom is -0.341 e. The van der Waals surface area contributed by atoms with Crippen LogP contribution in [0.3, 0.4) is 0 Å². The van der Waals surface area contributed by atoms with Crippen LogP contribution in [0.1, 0.15) is 31.7 Å². The maximum atomic E-state index is 12.3. The highest BCUT2D eigenvalue weighted by Gasteiger charge is 2.24. The molecular weight excluding hydrogens is 234 g/mol.